The molecule has 0 spiro atoms. The van der Waals surface area contributed by atoms with E-state index in [0.717, 1.165) is 13.1 Å². The molecule has 30 heavy (non-hydrogen) atoms. The Labute approximate surface area is 174 Å². The molecule has 2 heterocycles. The van der Waals surface area contributed by atoms with E-state index in [9.17, 15) is 9.18 Å². The molecule has 0 aliphatic carbocycles. The lowest BCUT2D eigenvalue weighted by atomic mass is 10.1. The molecular formula is C22H24FN5O2. The number of fused-ring (bicyclic) bond motifs is 1. The largest absolute Gasteiger partial charge is 0.478 e. The van der Waals surface area contributed by atoms with Crippen molar-refractivity contribution < 1.29 is 13.9 Å². The number of methoxy groups -OCH3 is 1. The van der Waals surface area contributed by atoms with Crippen LogP contribution in [0, 0.1) is 19.7 Å². The maximum atomic E-state index is 13.4. The second-order valence-corrected chi connectivity index (χ2v) is 7.36. The summed E-state index contributed by atoms with van der Waals surface area (Å²) in [5.41, 5.74) is 4.56. The number of hydrogen-bond donors (Lipinski definition) is 1. The Bertz CT molecular complexity index is 1080. The highest BCUT2D eigenvalue weighted by Gasteiger charge is 2.24. The number of aromatic nitrogens is 2. The number of amides is 2. The second-order valence-electron chi connectivity index (χ2n) is 7.36. The van der Waals surface area contributed by atoms with Gasteiger partial charge in [0.25, 0.3) is 5.88 Å². The quantitative estimate of drug-likeness (QED) is 0.714. The third-order valence-electron chi connectivity index (χ3n) is 5.34. The van der Waals surface area contributed by atoms with Gasteiger partial charge in [-0.2, -0.15) is 0 Å². The Morgan fingerprint density at radius 2 is 1.73 bits per heavy atom. The van der Waals surface area contributed by atoms with Crippen molar-refractivity contribution in [1.29, 1.82) is 0 Å². The summed E-state index contributed by atoms with van der Waals surface area (Å²) < 4.78 is 18.7. The zero-order chi connectivity index (χ0) is 21.3. The van der Waals surface area contributed by atoms with Gasteiger partial charge in [-0.3, -0.25) is 5.32 Å². The van der Waals surface area contributed by atoms with Gasteiger partial charge in [-0.15, -0.1) is 0 Å². The Kier molecular flexibility index (Phi) is 5.39. The van der Waals surface area contributed by atoms with Crippen LogP contribution in [0.1, 0.15) is 11.1 Å². The number of ether oxygens (including phenoxy) is 1. The number of hydrogen-bond acceptors (Lipinski definition) is 5. The molecule has 156 valence electrons. The maximum Gasteiger partial charge on any atom is 0.323 e. The topological polar surface area (TPSA) is 70.6 Å². The summed E-state index contributed by atoms with van der Waals surface area (Å²) in [4.78, 5) is 25.5. The first-order valence-corrected chi connectivity index (χ1v) is 9.84. The summed E-state index contributed by atoms with van der Waals surface area (Å²) in [6.45, 7) is 6.90. The smallest absolute Gasteiger partial charge is 0.323 e. The van der Waals surface area contributed by atoms with Gasteiger partial charge in [-0.05, 0) is 37.1 Å². The molecule has 2 aromatic carbocycles. The van der Waals surface area contributed by atoms with Crippen molar-refractivity contribution in [1.82, 2.24) is 14.9 Å². The number of para-hydroxylation sites is 1. The van der Waals surface area contributed by atoms with E-state index < -0.39 is 5.82 Å². The zero-order valence-corrected chi connectivity index (χ0v) is 17.3. The normalized spacial score (nSPS) is 14.1. The van der Waals surface area contributed by atoms with E-state index in [-0.39, 0.29) is 17.7 Å². The number of nitrogens with one attached hydrogen (secondary N) is 1. The van der Waals surface area contributed by atoms with E-state index in [1.807, 2.05) is 0 Å². The van der Waals surface area contributed by atoms with E-state index in [1.54, 1.807) is 4.90 Å². The van der Waals surface area contributed by atoms with Crippen LogP contribution in [-0.2, 0) is 0 Å². The van der Waals surface area contributed by atoms with Gasteiger partial charge in [-0.1, -0.05) is 18.2 Å². The molecule has 8 heteroatoms. The van der Waals surface area contributed by atoms with Crippen molar-refractivity contribution in [3.05, 3.63) is 53.3 Å². The molecule has 1 aromatic heterocycles. The molecule has 0 radical (unpaired) electrons. The predicted octanol–water partition coefficient (Wildman–Crippen LogP) is 3.75. The molecule has 1 saturated heterocycles. The fourth-order valence-corrected chi connectivity index (χ4v) is 3.85. The van der Waals surface area contributed by atoms with Crippen molar-refractivity contribution in [2.75, 3.05) is 43.5 Å². The van der Waals surface area contributed by atoms with Crippen LogP contribution in [0.5, 0.6) is 5.88 Å². The second kappa shape index (κ2) is 8.14. The van der Waals surface area contributed by atoms with Gasteiger partial charge in [0.15, 0.2) is 5.82 Å². The Hall–Kier alpha value is -3.42. The zero-order valence-electron chi connectivity index (χ0n) is 17.3. The van der Waals surface area contributed by atoms with Crippen molar-refractivity contribution in [2.24, 2.45) is 0 Å². The van der Waals surface area contributed by atoms with Crippen molar-refractivity contribution in [2.45, 2.75) is 13.8 Å². The van der Waals surface area contributed by atoms with Gasteiger partial charge in [-0.25, -0.2) is 19.2 Å². The van der Waals surface area contributed by atoms with Crippen LogP contribution in [0.3, 0.4) is 0 Å². The monoisotopic (exact) mass is 409 g/mol. The summed E-state index contributed by atoms with van der Waals surface area (Å²) >= 11 is 0. The molecule has 7 nitrogen and oxygen atoms in total. The number of carbonyl (C=O) groups is 1. The Morgan fingerprint density at radius 1 is 1.03 bits per heavy atom. The molecule has 1 fully saturated rings. The van der Waals surface area contributed by atoms with Crippen LogP contribution in [0.25, 0.3) is 11.0 Å². The lowest BCUT2D eigenvalue weighted by Crippen LogP contribution is -2.50. The summed E-state index contributed by atoms with van der Waals surface area (Å²) in [6.07, 6.45) is 0. The van der Waals surface area contributed by atoms with Gasteiger partial charge in [0.1, 0.15) is 5.82 Å². The molecule has 1 N–H and O–H groups in total. The molecule has 1 aliphatic heterocycles. The Balaban J connectivity index is 1.47. The van der Waals surface area contributed by atoms with Crippen LogP contribution < -0.4 is 15.0 Å². The molecule has 0 bridgehead atoms. The van der Waals surface area contributed by atoms with E-state index >= 15 is 0 Å². The van der Waals surface area contributed by atoms with E-state index in [4.69, 9.17) is 4.74 Å². The van der Waals surface area contributed by atoms with Gasteiger partial charge in [0.05, 0.1) is 18.1 Å². The molecule has 0 unspecified atom stereocenters. The summed E-state index contributed by atoms with van der Waals surface area (Å²) in [5.74, 6) is -0.0354. The van der Waals surface area contributed by atoms with Crippen LogP contribution in [0.4, 0.5) is 20.7 Å². The van der Waals surface area contributed by atoms with Gasteiger partial charge < -0.3 is 14.5 Å². The van der Waals surface area contributed by atoms with Gasteiger partial charge in [0, 0.05) is 37.9 Å². The first-order chi connectivity index (χ1) is 14.5. The van der Waals surface area contributed by atoms with Crippen molar-refractivity contribution in [3.63, 3.8) is 0 Å². The highest BCUT2D eigenvalue weighted by atomic mass is 19.1. The number of urea groups is 1. The molecule has 0 saturated carbocycles. The number of carbonyl (C=O) groups excluding carboxylic acids is 1. The van der Waals surface area contributed by atoms with Crippen LogP contribution in [0.15, 0.2) is 36.4 Å². The fourth-order valence-electron chi connectivity index (χ4n) is 3.85. The lowest BCUT2D eigenvalue weighted by molar-refractivity contribution is 0.208. The van der Waals surface area contributed by atoms with Crippen LogP contribution in [-0.4, -0.2) is 54.2 Å². The highest BCUT2D eigenvalue weighted by Crippen LogP contribution is 2.27. The highest BCUT2D eigenvalue weighted by molar-refractivity contribution is 5.91. The number of aryl methyl sites for hydroxylation is 2. The number of anilines is 2. The molecule has 1 aliphatic rings. The van der Waals surface area contributed by atoms with Gasteiger partial charge in [0.2, 0.25) is 0 Å². The number of halogens is 1. The first-order valence-electron chi connectivity index (χ1n) is 9.84. The summed E-state index contributed by atoms with van der Waals surface area (Å²) in [7, 11) is 1.44. The fraction of sp³-hybridized carbons (Fsp3) is 0.318. The molecule has 4 rings (SSSR count). The number of benzene rings is 2. The van der Waals surface area contributed by atoms with Gasteiger partial charge >= 0.3 is 6.03 Å². The minimum atomic E-state index is -0.405. The summed E-state index contributed by atoms with van der Waals surface area (Å²) in [6, 6.07) is 10.1. The minimum absolute atomic E-state index is 0.149. The number of nitrogens with zero attached hydrogens (tertiary/aromatic N) is 4. The lowest BCUT2D eigenvalue weighted by Gasteiger charge is -2.37. The third-order valence-corrected chi connectivity index (χ3v) is 5.34. The molecular weight excluding hydrogens is 385 g/mol. The van der Waals surface area contributed by atoms with Crippen LogP contribution >= 0.6 is 0 Å². The average Bonchev–Trinajstić information content (AvgIpc) is 2.73. The van der Waals surface area contributed by atoms with E-state index in [1.165, 1.54) is 42.1 Å². The average molecular weight is 409 g/mol. The summed E-state index contributed by atoms with van der Waals surface area (Å²) in [5, 5.41) is 2.79. The number of piperazine rings is 1. The molecule has 2 amide bonds. The third kappa shape index (κ3) is 3.85. The molecule has 0 atom stereocenters. The first kappa shape index (κ1) is 19.9. The number of rotatable bonds is 3. The standard InChI is InChI=1S/C22H24FN5O2/c1-14-5-4-6-15(2)19(14)27-9-11-28(12-10-27)22(29)26-20-21(30-3)25-18-13-16(23)7-8-17(18)24-20/h4-8,13H,9-12H2,1-3H3,(H,24,26,29). The SMILES string of the molecule is COc1nc2cc(F)ccc2nc1NC(=O)N1CCN(c2c(C)cccc2C)CC1. The van der Waals surface area contributed by atoms with Crippen LogP contribution in [0.2, 0.25) is 0 Å². The maximum absolute atomic E-state index is 13.4. The Morgan fingerprint density at radius 3 is 2.40 bits per heavy atom. The van der Waals surface area contributed by atoms with E-state index in [2.05, 4.69) is 52.2 Å². The minimum Gasteiger partial charge on any atom is -0.478 e. The predicted molar refractivity (Wildman–Crippen MR) is 115 cm³/mol. The molecule has 3 aromatic rings. The van der Waals surface area contributed by atoms with E-state index in [0.29, 0.717) is 24.1 Å². The van der Waals surface area contributed by atoms with Crippen molar-refractivity contribution in [3.8, 4) is 5.88 Å². The van der Waals surface area contributed by atoms with Crippen molar-refractivity contribution >= 4 is 28.6 Å².